The molecule has 0 amide bonds. The molecule has 0 bridgehead atoms. The Labute approximate surface area is 67.8 Å². The van der Waals surface area contributed by atoms with Gasteiger partial charge in [-0.15, -0.1) is 0 Å². The minimum absolute atomic E-state index is 0.880. The summed E-state index contributed by atoms with van der Waals surface area (Å²) >= 11 is 6.84. The molecule has 52 valence electrons. The minimum atomic E-state index is 0.880. The Kier molecular flexibility index (Phi) is 3.11. The van der Waals surface area contributed by atoms with Crippen LogP contribution in [-0.4, -0.2) is 15.0 Å². The van der Waals surface area contributed by atoms with Gasteiger partial charge in [0.2, 0.25) is 0 Å². The Morgan fingerprint density at radius 1 is 1.78 bits per heavy atom. The van der Waals surface area contributed by atoms with E-state index in [1.807, 2.05) is 0 Å². The Morgan fingerprint density at radius 3 is 3.00 bits per heavy atom. The average molecular weight is 210 g/mol. The number of allylic oxidation sites excluding steroid dienone is 2. The molecule has 2 heteroatoms. The molecule has 0 nitrogen and oxygen atoms in total. The van der Waals surface area contributed by atoms with Gasteiger partial charge in [0.25, 0.3) is 0 Å². The summed E-state index contributed by atoms with van der Waals surface area (Å²) in [5.74, 6) is 0. The second kappa shape index (κ2) is 3.65. The van der Waals surface area contributed by atoms with Crippen LogP contribution in [-0.2, 0) is 0 Å². The summed E-state index contributed by atoms with van der Waals surface area (Å²) < 4.78 is 0. The summed E-state index contributed by atoms with van der Waals surface area (Å²) in [4.78, 5) is 0. The molecule has 0 aromatic carbocycles. The Morgan fingerprint density at radius 2 is 2.56 bits per heavy atom. The van der Waals surface area contributed by atoms with Gasteiger partial charge in [0.05, 0.1) is 0 Å². The molecule has 0 spiro atoms. The van der Waals surface area contributed by atoms with Gasteiger partial charge in [-0.3, -0.25) is 0 Å². The summed E-state index contributed by atoms with van der Waals surface area (Å²) in [7, 11) is 0. The molecule has 1 aliphatic rings. The van der Waals surface area contributed by atoms with Crippen molar-refractivity contribution in [1.29, 1.82) is 0 Å². The fourth-order valence-corrected chi connectivity index (χ4v) is 3.58. The third-order valence-electron chi connectivity index (χ3n) is 1.52. The van der Waals surface area contributed by atoms with E-state index >= 15 is 0 Å². The van der Waals surface area contributed by atoms with Crippen LogP contribution >= 0.6 is 11.6 Å². The third kappa shape index (κ3) is 2.00. The molecular formula is C7H11ClSe. The maximum atomic E-state index is 5.96. The van der Waals surface area contributed by atoms with Crippen LogP contribution in [0.4, 0.5) is 0 Å². The van der Waals surface area contributed by atoms with Crippen molar-refractivity contribution in [2.24, 2.45) is 0 Å². The van der Waals surface area contributed by atoms with Gasteiger partial charge in [-0.05, 0) is 0 Å². The van der Waals surface area contributed by atoms with E-state index in [9.17, 15) is 0 Å². The van der Waals surface area contributed by atoms with E-state index in [0.29, 0.717) is 0 Å². The van der Waals surface area contributed by atoms with Crippen LogP contribution in [0.15, 0.2) is 10.6 Å². The van der Waals surface area contributed by atoms with E-state index in [2.05, 4.69) is 6.92 Å². The molecule has 0 saturated carbocycles. The van der Waals surface area contributed by atoms with Gasteiger partial charge in [-0.25, -0.2) is 0 Å². The molecule has 0 atom stereocenters. The first-order chi connectivity index (χ1) is 4.34. The fourth-order valence-electron chi connectivity index (χ4n) is 0.927. The predicted octanol–water partition coefficient (Wildman–Crippen LogP) is 2.83. The van der Waals surface area contributed by atoms with Gasteiger partial charge in [0.1, 0.15) is 0 Å². The summed E-state index contributed by atoms with van der Waals surface area (Å²) in [5.41, 5.74) is 1.54. The zero-order valence-electron chi connectivity index (χ0n) is 5.61. The van der Waals surface area contributed by atoms with E-state index in [0.717, 1.165) is 26.4 Å². The fraction of sp³-hybridized carbons (Fsp3) is 0.714. The van der Waals surface area contributed by atoms with E-state index in [1.165, 1.54) is 17.1 Å². The molecule has 1 heterocycles. The zero-order valence-corrected chi connectivity index (χ0v) is 8.08. The Balaban J connectivity index is 2.55. The van der Waals surface area contributed by atoms with Crippen molar-refractivity contribution >= 4 is 26.6 Å². The standard InChI is InChI=1S/C7H11ClSe/c1-2-7(8)6-3-4-9-5-6/h2-5H2,1H3/b7-6+. The van der Waals surface area contributed by atoms with Crippen LogP contribution < -0.4 is 0 Å². The van der Waals surface area contributed by atoms with Crippen molar-refractivity contribution < 1.29 is 0 Å². The SMILES string of the molecule is CC/C(Cl)=C1/CC[Se]C1. The van der Waals surface area contributed by atoms with Gasteiger partial charge in [0, 0.05) is 0 Å². The summed E-state index contributed by atoms with van der Waals surface area (Å²) in [5, 5.41) is 3.87. The van der Waals surface area contributed by atoms with Crippen LogP contribution in [0.25, 0.3) is 0 Å². The number of halogens is 1. The summed E-state index contributed by atoms with van der Waals surface area (Å²) in [6.45, 7) is 2.13. The van der Waals surface area contributed by atoms with Gasteiger partial charge in [-0.2, -0.15) is 0 Å². The summed E-state index contributed by atoms with van der Waals surface area (Å²) in [6, 6.07) is 0. The van der Waals surface area contributed by atoms with Gasteiger partial charge < -0.3 is 0 Å². The van der Waals surface area contributed by atoms with Crippen LogP contribution in [0.2, 0.25) is 10.6 Å². The Hall–Kier alpha value is 0.549. The van der Waals surface area contributed by atoms with E-state index in [4.69, 9.17) is 11.6 Å². The molecule has 0 N–H and O–H groups in total. The predicted molar refractivity (Wildman–Crippen MR) is 43.2 cm³/mol. The molecule has 0 radical (unpaired) electrons. The second-order valence-corrected chi connectivity index (χ2v) is 4.94. The van der Waals surface area contributed by atoms with E-state index < -0.39 is 0 Å². The van der Waals surface area contributed by atoms with Crippen LogP contribution in [0.5, 0.6) is 0 Å². The van der Waals surface area contributed by atoms with Gasteiger partial charge in [0.15, 0.2) is 0 Å². The van der Waals surface area contributed by atoms with Gasteiger partial charge >= 0.3 is 67.6 Å². The van der Waals surface area contributed by atoms with Crippen LogP contribution in [0, 0.1) is 0 Å². The first-order valence-electron chi connectivity index (χ1n) is 3.28. The van der Waals surface area contributed by atoms with Gasteiger partial charge in [-0.1, -0.05) is 0 Å². The third-order valence-corrected chi connectivity index (χ3v) is 4.25. The second-order valence-electron chi connectivity index (χ2n) is 2.16. The maximum absolute atomic E-state index is 5.96. The molecule has 0 aliphatic carbocycles. The molecular weight excluding hydrogens is 198 g/mol. The molecule has 0 aromatic heterocycles. The van der Waals surface area contributed by atoms with Crippen molar-refractivity contribution in [2.75, 3.05) is 0 Å². The summed E-state index contributed by atoms with van der Waals surface area (Å²) in [6.07, 6.45) is 2.32. The molecule has 0 unspecified atom stereocenters. The van der Waals surface area contributed by atoms with Crippen LogP contribution in [0.1, 0.15) is 19.8 Å². The number of hydrogen-bond donors (Lipinski definition) is 0. The van der Waals surface area contributed by atoms with Crippen molar-refractivity contribution in [3.05, 3.63) is 10.6 Å². The molecule has 1 fully saturated rings. The molecule has 1 rings (SSSR count). The first kappa shape index (κ1) is 7.65. The monoisotopic (exact) mass is 210 g/mol. The quantitative estimate of drug-likeness (QED) is 0.583. The van der Waals surface area contributed by atoms with Crippen LogP contribution in [0.3, 0.4) is 0 Å². The number of rotatable bonds is 1. The van der Waals surface area contributed by atoms with E-state index in [1.54, 1.807) is 5.57 Å². The van der Waals surface area contributed by atoms with E-state index in [-0.39, 0.29) is 0 Å². The molecule has 1 saturated heterocycles. The van der Waals surface area contributed by atoms with Crippen molar-refractivity contribution in [3.8, 4) is 0 Å². The zero-order chi connectivity index (χ0) is 6.69. The molecule has 0 aromatic rings. The normalized spacial score (nSPS) is 24.7. The topological polar surface area (TPSA) is 0 Å². The van der Waals surface area contributed by atoms with Crippen molar-refractivity contribution in [1.82, 2.24) is 0 Å². The Bertz CT molecular complexity index is 121. The van der Waals surface area contributed by atoms with Crippen molar-refractivity contribution in [2.45, 2.75) is 30.4 Å². The first-order valence-corrected chi connectivity index (χ1v) is 6.08. The number of hydrogen-bond acceptors (Lipinski definition) is 0. The van der Waals surface area contributed by atoms with Crippen molar-refractivity contribution in [3.63, 3.8) is 0 Å². The molecule has 1 aliphatic heterocycles. The molecule has 9 heavy (non-hydrogen) atoms. The average Bonchev–Trinajstić information content (AvgIpc) is 2.37.